The van der Waals surface area contributed by atoms with Crippen LogP contribution < -0.4 is 5.32 Å². The predicted molar refractivity (Wildman–Crippen MR) is 95.1 cm³/mol. The molecule has 0 aromatic carbocycles. The van der Waals surface area contributed by atoms with Crippen LogP contribution in [0.15, 0.2) is 24.5 Å². The van der Waals surface area contributed by atoms with Crippen molar-refractivity contribution >= 4 is 5.82 Å². The van der Waals surface area contributed by atoms with Crippen molar-refractivity contribution in [3.8, 4) is 0 Å². The van der Waals surface area contributed by atoms with E-state index in [-0.39, 0.29) is 12.1 Å². The first-order valence-electron chi connectivity index (χ1n) is 9.06. The number of piperidine rings is 1. The maximum Gasteiger partial charge on any atom is 0.149 e. The first-order chi connectivity index (χ1) is 12.2. The first kappa shape index (κ1) is 16.5. The highest BCUT2D eigenvalue weighted by molar-refractivity contribution is 5.35. The maximum absolute atomic E-state index is 6.14. The fourth-order valence-electron chi connectivity index (χ4n) is 4.03. The lowest BCUT2D eigenvalue weighted by atomic mass is 9.85. The van der Waals surface area contributed by atoms with Crippen LogP contribution in [0, 0.1) is 12.8 Å². The van der Waals surface area contributed by atoms with E-state index >= 15 is 0 Å². The SMILES string of the molecule is Cc1ccc(N[C@@H]2CN(Cc3cnn(C)c3)C[C@@H]3CCCO[C@@H]32)nn1. The summed E-state index contributed by atoms with van der Waals surface area (Å²) in [6.45, 7) is 5.76. The van der Waals surface area contributed by atoms with Crippen molar-refractivity contribution in [1.82, 2.24) is 24.9 Å². The normalized spacial score (nSPS) is 27.0. The van der Waals surface area contributed by atoms with Gasteiger partial charge in [-0.15, -0.1) is 5.10 Å². The zero-order chi connectivity index (χ0) is 17.2. The Morgan fingerprint density at radius 2 is 2.20 bits per heavy atom. The molecule has 0 spiro atoms. The summed E-state index contributed by atoms with van der Waals surface area (Å²) in [5.41, 5.74) is 2.19. The molecule has 0 amide bonds. The highest BCUT2D eigenvalue weighted by Gasteiger charge is 2.39. The van der Waals surface area contributed by atoms with Gasteiger partial charge in [-0.3, -0.25) is 9.58 Å². The van der Waals surface area contributed by atoms with Gasteiger partial charge >= 0.3 is 0 Å². The molecular formula is C18H26N6O. The van der Waals surface area contributed by atoms with Gasteiger partial charge in [-0.2, -0.15) is 10.2 Å². The van der Waals surface area contributed by atoms with E-state index < -0.39 is 0 Å². The summed E-state index contributed by atoms with van der Waals surface area (Å²) in [6.07, 6.45) is 6.68. The summed E-state index contributed by atoms with van der Waals surface area (Å²) in [5.74, 6) is 1.39. The molecule has 0 bridgehead atoms. The zero-order valence-electron chi connectivity index (χ0n) is 14.9. The Labute approximate surface area is 148 Å². The van der Waals surface area contributed by atoms with Crippen LogP contribution in [-0.4, -0.2) is 56.7 Å². The van der Waals surface area contributed by atoms with Crippen molar-refractivity contribution in [2.24, 2.45) is 13.0 Å². The van der Waals surface area contributed by atoms with Crippen LogP contribution >= 0.6 is 0 Å². The maximum atomic E-state index is 6.14. The molecule has 2 saturated heterocycles. The van der Waals surface area contributed by atoms with Crippen molar-refractivity contribution in [2.45, 2.75) is 38.5 Å². The standard InChI is InChI=1S/C18H26N6O/c1-13-5-6-17(22-21-13)20-16-12-24(10-14-8-19-23(2)9-14)11-15-4-3-7-25-18(15)16/h5-6,8-9,15-16,18H,3-4,7,10-12H2,1-2H3,(H,20,22)/t15-,16+,18-/m0/s1. The second kappa shape index (κ2) is 7.09. The Kier molecular flexibility index (Phi) is 4.67. The van der Waals surface area contributed by atoms with E-state index in [0.717, 1.165) is 44.2 Å². The van der Waals surface area contributed by atoms with Gasteiger partial charge in [-0.25, -0.2) is 0 Å². The van der Waals surface area contributed by atoms with Crippen molar-refractivity contribution < 1.29 is 4.74 Å². The number of fused-ring (bicyclic) bond motifs is 1. The summed E-state index contributed by atoms with van der Waals surface area (Å²) in [7, 11) is 1.96. The van der Waals surface area contributed by atoms with Crippen LogP contribution in [0.4, 0.5) is 5.82 Å². The van der Waals surface area contributed by atoms with E-state index in [1.807, 2.05) is 37.0 Å². The molecule has 2 aliphatic heterocycles. The summed E-state index contributed by atoms with van der Waals surface area (Å²) in [5, 5.41) is 16.3. The van der Waals surface area contributed by atoms with E-state index in [1.54, 1.807) is 0 Å². The molecule has 1 N–H and O–H groups in total. The molecule has 2 aromatic heterocycles. The lowest BCUT2D eigenvalue weighted by Crippen LogP contribution is -2.57. The van der Waals surface area contributed by atoms with Crippen LogP contribution in [0.1, 0.15) is 24.1 Å². The second-order valence-electron chi connectivity index (χ2n) is 7.26. The molecule has 0 saturated carbocycles. The Bertz CT molecular complexity index is 700. The number of hydrogen-bond acceptors (Lipinski definition) is 6. The van der Waals surface area contributed by atoms with Crippen LogP contribution in [0.25, 0.3) is 0 Å². The number of hydrogen-bond donors (Lipinski definition) is 1. The van der Waals surface area contributed by atoms with Gasteiger partial charge in [0.15, 0.2) is 0 Å². The Balaban J connectivity index is 1.49. The Hall–Kier alpha value is -1.99. The summed E-state index contributed by atoms with van der Waals surface area (Å²) >= 11 is 0. The molecule has 25 heavy (non-hydrogen) atoms. The largest absolute Gasteiger partial charge is 0.376 e. The molecule has 2 aromatic rings. The smallest absolute Gasteiger partial charge is 0.149 e. The van der Waals surface area contributed by atoms with Crippen LogP contribution in [-0.2, 0) is 18.3 Å². The number of aromatic nitrogens is 4. The average Bonchev–Trinajstić information content (AvgIpc) is 3.02. The molecule has 4 rings (SSSR count). The molecule has 0 aliphatic carbocycles. The van der Waals surface area contributed by atoms with Crippen molar-refractivity contribution in [3.63, 3.8) is 0 Å². The van der Waals surface area contributed by atoms with Gasteiger partial charge in [-0.05, 0) is 37.8 Å². The Morgan fingerprint density at radius 1 is 1.28 bits per heavy atom. The first-order valence-corrected chi connectivity index (χ1v) is 9.06. The minimum Gasteiger partial charge on any atom is -0.376 e. The molecule has 134 valence electrons. The molecule has 2 fully saturated rings. The summed E-state index contributed by atoms with van der Waals surface area (Å²) < 4.78 is 8.00. The molecular weight excluding hydrogens is 316 g/mol. The fraction of sp³-hybridized carbons (Fsp3) is 0.611. The van der Waals surface area contributed by atoms with E-state index in [9.17, 15) is 0 Å². The Morgan fingerprint density at radius 3 is 2.96 bits per heavy atom. The van der Waals surface area contributed by atoms with Crippen LogP contribution in [0.3, 0.4) is 0 Å². The number of rotatable bonds is 4. The molecule has 3 atom stereocenters. The third kappa shape index (κ3) is 3.82. The number of aryl methyl sites for hydroxylation is 2. The summed E-state index contributed by atoms with van der Waals surface area (Å²) in [4.78, 5) is 2.51. The quantitative estimate of drug-likeness (QED) is 0.910. The molecule has 0 radical (unpaired) electrons. The average molecular weight is 342 g/mol. The van der Waals surface area contributed by atoms with E-state index in [2.05, 4.69) is 31.7 Å². The van der Waals surface area contributed by atoms with Crippen molar-refractivity contribution in [2.75, 3.05) is 25.0 Å². The van der Waals surface area contributed by atoms with Gasteiger partial charge in [0.1, 0.15) is 5.82 Å². The van der Waals surface area contributed by atoms with Gasteiger partial charge in [0.2, 0.25) is 0 Å². The number of ether oxygens (including phenoxy) is 1. The van der Waals surface area contributed by atoms with E-state index in [1.165, 1.54) is 12.0 Å². The van der Waals surface area contributed by atoms with Crippen molar-refractivity contribution in [1.29, 1.82) is 0 Å². The highest BCUT2D eigenvalue weighted by atomic mass is 16.5. The number of nitrogens with zero attached hydrogens (tertiary/aromatic N) is 5. The molecule has 0 unspecified atom stereocenters. The number of anilines is 1. The molecule has 2 aliphatic rings. The monoisotopic (exact) mass is 342 g/mol. The van der Waals surface area contributed by atoms with Gasteiger partial charge in [-0.1, -0.05) is 0 Å². The lowest BCUT2D eigenvalue weighted by molar-refractivity contribution is -0.0747. The lowest BCUT2D eigenvalue weighted by Gasteiger charge is -2.46. The second-order valence-corrected chi connectivity index (χ2v) is 7.26. The predicted octanol–water partition coefficient (Wildman–Crippen LogP) is 1.61. The van der Waals surface area contributed by atoms with Gasteiger partial charge in [0, 0.05) is 45.0 Å². The van der Waals surface area contributed by atoms with Crippen LogP contribution in [0.5, 0.6) is 0 Å². The number of likely N-dealkylation sites (tertiary alicyclic amines) is 1. The van der Waals surface area contributed by atoms with E-state index in [4.69, 9.17) is 4.74 Å². The fourth-order valence-corrected chi connectivity index (χ4v) is 4.03. The van der Waals surface area contributed by atoms with Crippen molar-refractivity contribution in [3.05, 3.63) is 35.8 Å². The van der Waals surface area contributed by atoms with E-state index in [0.29, 0.717) is 5.92 Å². The highest BCUT2D eigenvalue weighted by Crippen LogP contribution is 2.30. The molecule has 7 heteroatoms. The molecule has 4 heterocycles. The van der Waals surface area contributed by atoms with Gasteiger partial charge in [0.05, 0.1) is 24.0 Å². The molecule has 7 nitrogen and oxygen atoms in total. The van der Waals surface area contributed by atoms with Crippen LogP contribution in [0.2, 0.25) is 0 Å². The third-order valence-electron chi connectivity index (χ3n) is 5.13. The zero-order valence-corrected chi connectivity index (χ0v) is 14.9. The van der Waals surface area contributed by atoms with Gasteiger partial charge in [0.25, 0.3) is 0 Å². The number of nitrogens with one attached hydrogen (secondary N) is 1. The minimum absolute atomic E-state index is 0.229. The topological polar surface area (TPSA) is 68.1 Å². The minimum atomic E-state index is 0.229. The summed E-state index contributed by atoms with van der Waals surface area (Å²) in [6, 6.07) is 4.22. The van der Waals surface area contributed by atoms with Gasteiger partial charge < -0.3 is 10.1 Å². The third-order valence-corrected chi connectivity index (χ3v) is 5.13.